The molecule has 84 valence electrons. The Morgan fingerprint density at radius 2 is 2.00 bits per heavy atom. The summed E-state index contributed by atoms with van der Waals surface area (Å²) in [7, 11) is 0. The van der Waals surface area contributed by atoms with Crippen molar-refractivity contribution in [2.75, 3.05) is 0 Å². The molecular formula is C13H13FO2. The Hall–Kier alpha value is -1.61. The summed E-state index contributed by atoms with van der Waals surface area (Å²) in [4.78, 5) is 0. The molecule has 0 radical (unpaired) electrons. The molecule has 0 bridgehead atoms. The van der Waals surface area contributed by atoms with Crippen LogP contribution in [0.2, 0.25) is 0 Å². The molecule has 1 aromatic carbocycles. The number of aliphatic hydroxyl groups is 1. The van der Waals surface area contributed by atoms with Crippen LogP contribution in [0, 0.1) is 12.7 Å². The Bertz CT molecular complexity index is 487. The molecule has 0 saturated carbocycles. The van der Waals surface area contributed by atoms with Crippen LogP contribution in [0.15, 0.2) is 41.2 Å². The van der Waals surface area contributed by atoms with Gasteiger partial charge in [-0.1, -0.05) is 12.1 Å². The van der Waals surface area contributed by atoms with Gasteiger partial charge >= 0.3 is 0 Å². The largest absolute Gasteiger partial charge is 0.472 e. The minimum atomic E-state index is -1.23. The van der Waals surface area contributed by atoms with Crippen LogP contribution in [-0.2, 0) is 5.60 Å². The fourth-order valence-electron chi connectivity index (χ4n) is 1.60. The van der Waals surface area contributed by atoms with Gasteiger partial charge in [-0.2, -0.15) is 0 Å². The predicted molar refractivity (Wildman–Crippen MR) is 58.5 cm³/mol. The van der Waals surface area contributed by atoms with Crippen LogP contribution in [0.5, 0.6) is 0 Å². The number of benzene rings is 1. The minimum absolute atomic E-state index is 0.318. The smallest absolute Gasteiger partial charge is 0.126 e. The Morgan fingerprint density at radius 1 is 1.25 bits per heavy atom. The zero-order chi connectivity index (χ0) is 11.8. The molecule has 1 atom stereocenters. The van der Waals surface area contributed by atoms with Crippen LogP contribution in [-0.4, -0.2) is 5.11 Å². The molecule has 0 aliphatic heterocycles. The van der Waals surface area contributed by atoms with Gasteiger partial charge in [0, 0.05) is 5.56 Å². The average Bonchev–Trinajstić information content (AvgIpc) is 2.75. The molecule has 1 N–H and O–H groups in total. The van der Waals surface area contributed by atoms with Crippen molar-refractivity contribution in [2.45, 2.75) is 19.4 Å². The van der Waals surface area contributed by atoms with Crippen LogP contribution < -0.4 is 0 Å². The Kier molecular flexibility index (Phi) is 2.56. The first-order valence-corrected chi connectivity index (χ1v) is 5.03. The molecule has 0 fully saturated rings. The molecule has 0 aliphatic carbocycles. The summed E-state index contributed by atoms with van der Waals surface area (Å²) < 4.78 is 18.3. The maximum absolute atomic E-state index is 13.4. The van der Waals surface area contributed by atoms with E-state index in [1.54, 1.807) is 32.0 Å². The summed E-state index contributed by atoms with van der Waals surface area (Å²) in [6.07, 6.45) is 2.94. The van der Waals surface area contributed by atoms with E-state index >= 15 is 0 Å². The number of hydrogen-bond acceptors (Lipinski definition) is 2. The SMILES string of the molecule is Cc1ccc(C(C)(O)c2ccoc2)cc1F. The normalized spacial score (nSPS) is 14.8. The number of furan rings is 1. The lowest BCUT2D eigenvalue weighted by Gasteiger charge is -2.22. The van der Waals surface area contributed by atoms with Gasteiger partial charge in [-0.3, -0.25) is 0 Å². The first-order valence-electron chi connectivity index (χ1n) is 5.03. The lowest BCUT2D eigenvalue weighted by molar-refractivity contribution is 0.101. The minimum Gasteiger partial charge on any atom is -0.472 e. The van der Waals surface area contributed by atoms with E-state index in [4.69, 9.17) is 4.42 Å². The molecule has 16 heavy (non-hydrogen) atoms. The highest BCUT2D eigenvalue weighted by molar-refractivity contribution is 5.35. The molecule has 1 aromatic heterocycles. The van der Waals surface area contributed by atoms with Crippen molar-refractivity contribution in [2.24, 2.45) is 0 Å². The number of halogens is 1. The van der Waals surface area contributed by atoms with Crippen LogP contribution in [0.4, 0.5) is 4.39 Å². The van der Waals surface area contributed by atoms with E-state index in [0.717, 1.165) is 0 Å². The number of aryl methyl sites for hydroxylation is 1. The van der Waals surface area contributed by atoms with Crippen molar-refractivity contribution < 1.29 is 13.9 Å². The summed E-state index contributed by atoms with van der Waals surface area (Å²) in [6.45, 7) is 3.30. The van der Waals surface area contributed by atoms with Gasteiger partial charge in [-0.15, -0.1) is 0 Å². The third kappa shape index (κ3) is 1.74. The highest BCUT2D eigenvalue weighted by atomic mass is 19.1. The van der Waals surface area contributed by atoms with E-state index < -0.39 is 5.60 Å². The van der Waals surface area contributed by atoms with Gasteiger partial charge in [0.25, 0.3) is 0 Å². The van der Waals surface area contributed by atoms with Gasteiger partial charge in [-0.05, 0) is 37.1 Å². The fourth-order valence-corrected chi connectivity index (χ4v) is 1.60. The molecule has 0 saturated heterocycles. The highest BCUT2D eigenvalue weighted by Gasteiger charge is 2.27. The summed E-state index contributed by atoms with van der Waals surface area (Å²) in [6, 6.07) is 6.38. The molecule has 2 rings (SSSR count). The summed E-state index contributed by atoms with van der Waals surface area (Å²) >= 11 is 0. The molecule has 1 heterocycles. The maximum atomic E-state index is 13.4. The fraction of sp³-hybridized carbons (Fsp3) is 0.231. The lowest BCUT2D eigenvalue weighted by Crippen LogP contribution is -2.22. The van der Waals surface area contributed by atoms with E-state index in [2.05, 4.69) is 0 Å². The molecule has 0 aliphatic rings. The van der Waals surface area contributed by atoms with Crippen LogP contribution in [0.25, 0.3) is 0 Å². The van der Waals surface area contributed by atoms with E-state index in [9.17, 15) is 9.50 Å². The van der Waals surface area contributed by atoms with Gasteiger partial charge in [0.15, 0.2) is 0 Å². The highest BCUT2D eigenvalue weighted by Crippen LogP contribution is 2.30. The first-order chi connectivity index (χ1) is 7.51. The third-order valence-electron chi connectivity index (χ3n) is 2.82. The second-order valence-electron chi connectivity index (χ2n) is 4.05. The van der Waals surface area contributed by atoms with E-state index in [1.807, 2.05) is 0 Å². The second-order valence-corrected chi connectivity index (χ2v) is 4.05. The zero-order valence-electron chi connectivity index (χ0n) is 9.20. The predicted octanol–water partition coefficient (Wildman–Crippen LogP) is 2.98. The quantitative estimate of drug-likeness (QED) is 0.844. The lowest BCUT2D eigenvalue weighted by atomic mass is 9.89. The number of rotatable bonds is 2. The van der Waals surface area contributed by atoms with Crippen LogP contribution in [0.3, 0.4) is 0 Å². The van der Waals surface area contributed by atoms with Crippen molar-refractivity contribution in [3.8, 4) is 0 Å². The standard InChI is InChI=1S/C13H13FO2/c1-9-3-4-10(7-12(9)14)13(2,15)11-5-6-16-8-11/h3-8,15H,1-2H3. The summed E-state index contributed by atoms with van der Waals surface area (Å²) in [5, 5.41) is 10.3. The van der Waals surface area contributed by atoms with Crippen molar-refractivity contribution in [1.82, 2.24) is 0 Å². The maximum Gasteiger partial charge on any atom is 0.126 e. The van der Waals surface area contributed by atoms with Gasteiger partial charge in [-0.25, -0.2) is 4.39 Å². The first kappa shape index (κ1) is 10.9. The number of hydrogen-bond donors (Lipinski definition) is 1. The van der Waals surface area contributed by atoms with Gasteiger partial charge in [0.1, 0.15) is 11.4 Å². The monoisotopic (exact) mass is 220 g/mol. The molecule has 0 amide bonds. The van der Waals surface area contributed by atoms with Crippen molar-refractivity contribution >= 4 is 0 Å². The van der Waals surface area contributed by atoms with Crippen molar-refractivity contribution in [3.05, 3.63) is 59.3 Å². The molecule has 2 nitrogen and oxygen atoms in total. The Labute approximate surface area is 93.3 Å². The Balaban J connectivity index is 2.47. The van der Waals surface area contributed by atoms with E-state index in [0.29, 0.717) is 16.7 Å². The molecule has 0 spiro atoms. The molecule has 2 aromatic rings. The van der Waals surface area contributed by atoms with Crippen molar-refractivity contribution in [3.63, 3.8) is 0 Å². The molecule has 1 unspecified atom stereocenters. The molecule has 3 heteroatoms. The molecular weight excluding hydrogens is 207 g/mol. The van der Waals surface area contributed by atoms with E-state index in [1.165, 1.54) is 18.6 Å². The zero-order valence-corrected chi connectivity index (χ0v) is 9.20. The Morgan fingerprint density at radius 3 is 2.56 bits per heavy atom. The third-order valence-corrected chi connectivity index (χ3v) is 2.82. The van der Waals surface area contributed by atoms with Crippen molar-refractivity contribution in [1.29, 1.82) is 0 Å². The topological polar surface area (TPSA) is 33.4 Å². The van der Waals surface area contributed by atoms with E-state index in [-0.39, 0.29) is 5.82 Å². The summed E-state index contributed by atoms with van der Waals surface area (Å²) in [5.74, 6) is -0.318. The van der Waals surface area contributed by atoms with Gasteiger partial charge < -0.3 is 9.52 Å². The van der Waals surface area contributed by atoms with Gasteiger partial charge in [0.2, 0.25) is 0 Å². The van der Waals surface area contributed by atoms with Crippen LogP contribution >= 0.6 is 0 Å². The van der Waals surface area contributed by atoms with Gasteiger partial charge in [0.05, 0.1) is 12.5 Å². The summed E-state index contributed by atoms with van der Waals surface area (Å²) in [5.41, 5.74) is 0.446. The average molecular weight is 220 g/mol. The second kappa shape index (κ2) is 3.76. The van der Waals surface area contributed by atoms with Crippen LogP contribution in [0.1, 0.15) is 23.6 Å².